The summed E-state index contributed by atoms with van der Waals surface area (Å²) in [5.41, 5.74) is 2.49. The second-order valence-corrected chi connectivity index (χ2v) is 18.5. The molecule has 3 saturated carbocycles. The zero-order valence-corrected chi connectivity index (χ0v) is 33.6. The molecule has 0 N–H and O–H groups in total. The summed E-state index contributed by atoms with van der Waals surface area (Å²) in [7, 11) is 0. The molecule has 9 unspecified atom stereocenters. The Hall–Kier alpha value is -1.31. The second kappa shape index (κ2) is 20.1. The molecule has 0 heterocycles. The van der Waals surface area contributed by atoms with Crippen molar-refractivity contribution in [1.29, 1.82) is 0 Å². The van der Waals surface area contributed by atoms with Crippen LogP contribution in [0.25, 0.3) is 0 Å². The van der Waals surface area contributed by atoms with Crippen molar-refractivity contribution >= 4 is 5.97 Å². The highest BCUT2D eigenvalue weighted by atomic mass is 16.5. The largest absolute Gasteiger partial charge is 0.462 e. The summed E-state index contributed by atoms with van der Waals surface area (Å²) in [4.78, 5) is 12.8. The van der Waals surface area contributed by atoms with Gasteiger partial charge < -0.3 is 4.74 Å². The molecular formula is C47H80O2. The standard InChI is InChI=1S/C47H80O2/c1-8-9-10-11-12-13-14-15-16-17-18-19-20-21-22-23-24-45(48)49-40-31-33-46(6)39(35-40)27-28-41-43-30-29-42(47(43,7)34-32-44(41)46)38(5)26-25-37(4)36(2)3/h16-19,27,36-38,40-44H,8-15,20-26,28-35H2,1-7H3/b17-16+,19-18+. The fourth-order valence-corrected chi connectivity index (χ4v) is 11.3. The van der Waals surface area contributed by atoms with Gasteiger partial charge in [0.1, 0.15) is 6.10 Å². The van der Waals surface area contributed by atoms with E-state index in [1.165, 1.54) is 103 Å². The van der Waals surface area contributed by atoms with Crippen molar-refractivity contribution in [2.45, 2.75) is 202 Å². The number of esters is 1. The summed E-state index contributed by atoms with van der Waals surface area (Å²) in [6.45, 7) is 17.4. The van der Waals surface area contributed by atoms with E-state index >= 15 is 0 Å². The molecule has 4 rings (SSSR count). The van der Waals surface area contributed by atoms with Gasteiger partial charge in [0.25, 0.3) is 0 Å². The Morgan fingerprint density at radius 2 is 1.49 bits per heavy atom. The average Bonchev–Trinajstić information content (AvgIpc) is 3.44. The predicted molar refractivity (Wildman–Crippen MR) is 211 cm³/mol. The molecule has 9 atom stereocenters. The maximum absolute atomic E-state index is 12.8. The zero-order chi connectivity index (χ0) is 35.3. The first-order valence-corrected chi connectivity index (χ1v) is 21.8. The fraction of sp³-hybridized carbons (Fsp3) is 0.851. The lowest BCUT2D eigenvalue weighted by Gasteiger charge is -2.58. The topological polar surface area (TPSA) is 26.3 Å². The molecule has 0 amide bonds. The normalized spacial score (nSPS) is 32.6. The summed E-state index contributed by atoms with van der Waals surface area (Å²) in [6, 6.07) is 0. The van der Waals surface area contributed by atoms with Gasteiger partial charge in [-0.2, -0.15) is 0 Å². The number of fused-ring (bicyclic) bond motifs is 5. The van der Waals surface area contributed by atoms with Crippen molar-refractivity contribution in [1.82, 2.24) is 0 Å². The van der Waals surface area contributed by atoms with Gasteiger partial charge in [0, 0.05) is 12.8 Å². The molecule has 0 aromatic carbocycles. The summed E-state index contributed by atoms with van der Waals surface area (Å²) in [6.07, 6.45) is 40.6. The summed E-state index contributed by atoms with van der Waals surface area (Å²) in [5.74, 6) is 6.04. The number of allylic oxidation sites excluding steroid dienone is 5. The van der Waals surface area contributed by atoms with Gasteiger partial charge in [-0.15, -0.1) is 0 Å². The maximum Gasteiger partial charge on any atom is 0.306 e. The van der Waals surface area contributed by atoms with E-state index in [1.54, 1.807) is 5.57 Å². The highest BCUT2D eigenvalue weighted by Gasteiger charge is 2.59. The number of rotatable bonds is 21. The summed E-state index contributed by atoms with van der Waals surface area (Å²) >= 11 is 0. The number of carbonyl (C=O) groups is 1. The number of carbonyl (C=O) groups excluding carboxylic acids is 1. The molecule has 49 heavy (non-hydrogen) atoms. The highest BCUT2D eigenvalue weighted by Crippen LogP contribution is 2.67. The van der Waals surface area contributed by atoms with Gasteiger partial charge in [-0.25, -0.2) is 0 Å². The monoisotopic (exact) mass is 677 g/mol. The van der Waals surface area contributed by atoms with Gasteiger partial charge in [-0.1, -0.05) is 142 Å². The van der Waals surface area contributed by atoms with Crippen LogP contribution in [0.5, 0.6) is 0 Å². The van der Waals surface area contributed by atoms with E-state index in [2.05, 4.69) is 78.8 Å². The van der Waals surface area contributed by atoms with Crippen LogP contribution in [0.3, 0.4) is 0 Å². The Balaban J connectivity index is 1.13. The molecule has 0 spiro atoms. The molecule has 280 valence electrons. The Labute approximate surface area is 305 Å². The van der Waals surface area contributed by atoms with Crippen molar-refractivity contribution < 1.29 is 9.53 Å². The van der Waals surface area contributed by atoms with E-state index in [9.17, 15) is 4.79 Å². The van der Waals surface area contributed by atoms with E-state index in [0.29, 0.717) is 17.3 Å². The van der Waals surface area contributed by atoms with Crippen LogP contribution in [-0.4, -0.2) is 12.1 Å². The third kappa shape index (κ3) is 11.1. The number of unbranched alkanes of at least 4 members (excludes halogenated alkanes) is 10. The van der Waals surface area contributed by atoms with Gasteiger partial charge >= 0.3 is 5.97 Å². The van der Waals surface area contributed by atoms with Crippen LogP contribution in [0.2, 0.25) is 0 Å². The highest BCUT2D eigenvalue weighted by molar-refractivity contribution is 5.69. The lowest BCUT2D eigenvalue weighted by atomic mass is 9.47. The molecule has 0 aliphatic heterocycles. The molecule has 4 aliphatic carbocycles. The summed E-state index contributed by atoms with van der Waals surface area (Å²) in [5, 5.41) is 0. The van der Waals surface area contributed by atoms with Crippen molar-refractivity contribution in [3.05, 3.63) is 36.0 Å². The Morgan fingerprint density at radius 3 is 2.18 bits per heavy atom. The third-order valence-electron chi connectivity index (χ3n) is 14.9. The van der Waals surface area contributed by atoms with Gasteiger partial charge in [-0.05, 0) is 129 Å². The van der Waals surface area contributed by atoms with Crippen molar-refractivity contribution in [2.75, 3.05) is 0 Å². The minimum Gasteiger partial charge on any atom is -0.462 e. The number of ether oxygens (including phenoxy) is 1. The van der Waals surface area contributed by atoms with Crippen LogP contribution < -0.4 is 0 Å². The maximum atomic E-state index is 12.8. The van der Waals surface area contributed by atoms with E-state index in [4.69, 9.17) is 4.74 Å². The Morgan fingerprint density at radius 1 is 0.816 bits per heavy atom. The minimum absolute atomic E-state index is 0.0362. The van der Waals surface area contributed by atoms with Crippen LogP contribution in [0, 0.1) is 52.3 Å². The molecule has 0 aromatic rings. The third-order valence-corrected chi connectivity index (χ3v) is 14.9. The first-order valence-electron chi connectivity index (χ1n) is 21.8. The molecule has 0 bridgehead atoms. The Bertz CT molecular complexity index is 1070. The molecule has 2 heteroatoms. The molecule has 0 saturated heterocycles. The van der Waals surface area contributed by atoms with Crippen molar-refractivity contribution in [3.8, 4) is 0 Å². The van der Waals surface area contributed by atoms with Gasteiger partial charge in [-0.3, -0.25) is 4.79 Å². The van der Waals surface area contributed by atoms with Gasteiger partial charge in [0.05, 0.1) is 0 Å². The fourth-order valence-electron chi connectivity index (χ4n) is 11.3. The van der Waals surface area contributed by atoms with E-state index in [1.807, 2.05) is 0 Å². The van der Waals surface area contributed by atoms with E-state index in [-0.39, 0.29) is 12.1 Å². The smallest absolute Gasteiger partial charge is 0.306 e. The number of hydrogen-bond donors (Lipinski definition) is 0. The van der Waals surface area contributed by atoms with Crippen LogP contribution >= 0.6 is 0 Å². The number of hydrogen-bond acceptors (Lipinski definition) is 2. The lowest BCUT2D eigenvalue weighted by molar-refractivity contribution is -0.151. The SMILES string of the molecule is CCCCCCCCC/C=C/C=C/CCCCCC(=O)OC1CCC2(C)C(=CCC3C2CCC2(C)C(C(C)CCC(C)C(C)C)CCC32)C1. The van der Waals surface area contributed by atoms with Crippen molar-refractivity contribution in [2.24, 2.45) is 52.3 Å². The zero-order valence-electron chi connectivity index (χ0n) is 33.6. The predicted octanol–water partition coefficient (Wildman–Crippen LogP) is 14.4. The molecule has 0 aromatic heterocycles. The first kappa shape index (κ1) is 40.5. The molecule has 3 fully saturated rings. The van der Waals surface area contributed by atoms with Crippen molar-refractivity contribution in [3.63, 3.8) is 0 Å². The first-order chi connectivity index (χ1) is 23.6. The average molecular weight is 677 g/mol. The van der Waals surface area contributed by atoms with Gasteiger partial charge in [0.15, 0.2) is 0 Å². The van der Waals surface area contributed by atoms with Gasteiger partial charge in [0.2, 0.25) is 0 Å². The van der Waals surface area contributed by atoms with Crippen LogP contribution in [0.1, 0.15) is 196 Å². The molecular weight excluding hydrogens is 597 g/mol. The molecule has 2 nitrogen and oxygen atoms in total. The molecule has 0 radical (unpaired) electrons. The Kier molecular flexibility index (Phi) is 16.6. The second-order valence-electron chi connectivity index (χ2n) is 18.5. The lowest BCUT2D eigenvalue weighted by Crippen LogP contribution is -2.51. The molecule has 4 aliphatic rings. The minimum atomic E-state index is 0.0362. The van der Waals surface area contributed by atoms with Crippen LogP contribution in [0.4, 0.5) is 0 Å². The van der Waals surface area contributed by atoms with Crippen LogP contribution in [0.15, 0.2) is 36.0 Å². The quantitative estimate of drug-likeness (QED) is 0.0523. The van der Waals surface area contributed by atoms with Crippen LogP contribution in [-0.2, 0) is 9.53 Å². The summed E-state index contributed by atoms with van der Waals surface area (Å²) < 4.78 is 6.12. The van der Waals surface area contributed by atoms with E-state index in [0.717, 1.165) is 80.0 Å². The van der Waals surface area contributed by atoms with E-state index < -0.39 is 0 Å².